The zero-order valence-corrected chi connectivity index (χ0v) is 15.1. The molecule has 0 radical (unpaired) electrons. The summed E-state index contributed by atoms with van der Waals surface area (Å²) in [5.41, 5.74) is -1.55. The molecule has 0 aromatic carbocycles. The number of hydrogen-bond donors (Lipinski definition) is 1. The minimum absolute atomic E-state index is 0.0570. The first-order valence-corrected chi connectivity index (χ1v) is 9.04. The molecule has 1 amide bonds. The van der Waals surface area contributed by atoms with E-state index in [0.717, 1.165) is 21.4 Å². The molecule has 142 valence electrons. The molecule has 1 N–H and O–H groups in total. The number of alkyl halides is 3. The molecule has 6 nitrogen and oxygen atoms in total. The van der Waals surface area contributed by atoms with E-state index in [2.05, 4.69) is 10.1 Å². The highest BCUT2D eigenvalue weighted by Gasteiger charge is 2.57. The van der Waals surface area contributed by atoms with Gasteiger partial charge < -0.3 is 10.0 Å². The van der Waals surface area contributed by atoms with E-state index < -0.39 is 17.7 Å². The molecule has 1 fully saturated rings. The Bertz CT molecular complexity index is 792. The topological polar surface area (TPSA) is 71.2 Å². The van der Waals surface area contributed by atoms with Gasteiger partial charge in [0, 0.05) is 30.6 Å². The van der Waals surface area contributed by atoms with Crippen LogP contribution in [0.3, 0.4) is 0 Å². The number of rotatable bonds is 3. The molecule has 1 aliphatic heterocycles. The molecule has 0 saturated carbocycles. The average Bonchev–Trinajstić information content (AvgIpc) is 3.21. The zero-order valence-electron chi connectivity index (χ0n) is 14.3. The summed E-state index contributed by atoms with van der Waals surface area (Å²) >= 11 is 1.46. The van der Waals surface area contributed by atoms with Gasteiger partial charge in [0.25, 0.3) is 5.91 Å². The van der Waals surface area contributed by atoms with Crippen molar-refractivity contribution in [2.24, 2.45) is 0 Å². The van der Waals surface area contributed by atoms with Gasteiger partial charge in [-0.05, 0) is 32.8 Å². The first-order chi connectivity index (χ1) is 12.1. The maximum atomic E-state index is 12.9. The third kappa shape index (κ3) is 3.35. The molecule has 1 saturated heterocycles. The Balaban J connectivity index is 1.70. The van der Waals surface area contributed by atoms with Crippen LogP contribution in [0, 0.1) is 6.92 Å². The van der Waals surface area contributed by atoms with Gasteiger partial charge in [0.05, 0.1) is 11.4 Å². The van der Waals surface area contributed by atoms with E-state index in [1.807, 2.05) is 18.4 Å². The van der Waals surface area contributed by atoms with E-state index >= 15 is 0 Å². The number of likely N-dealkylation sites (tertiary alicyclic amines) is 1. The molecule has 0 aliphatic carbocycles. The number of aliphatic hydroxyl groups is 1. The van der Waals surface area contributed by atoms with E-state index in [0.29, 0.717) is 19.8 Å². The number of piperidine rings is 1. The van der Waals surface area contributed by atoms with Gasteiger partial charge in [0.1, 0.15) is 0 Å². The Kier molecular flexibility index (Phi) is 4.82. The summed E-state index contributed by atoms with van der Waals surface area (Å²) in [6.07, 6.45) is -2.34. The molecule has 1 atom stereocenters. The fourth-order valence-electron chi connectivity index (χ4n) is 3.03. The molecular weight excluding hydrogens is 369 g/mol. The first kappa shape index (κ1) is 18.8. The smallest absolute Gasteiger partial charge is 0.373 e. The van der Waals surface area contributed by atoms with Crippen LogP contribution in [-0.4, -0.2) is 55.5 Å². The second-order valence-corrected chi connectivity index (χ2v) is 7.41. The summed E-state index contributed by atoms with van der Waals surface area (Å²) < 4.78 is 40.3. The predicted octanol–water partition coefficient (Wildman–Crippen LogP) is 2.66. The predicted molar refractivity (Wildman–Crippen MR) is 89.2 cm³/mol. The van der Waals surface area contributed by atoms with Gasteiger partial charge in [-0.1, -0.05) is 0 Å². The maximum absolute atomic E-state index is 12.9. The molecule has 0 spiro atoms. The van der Waals surface area contributed by atoms with Gasteiger partial charge in [-0.3, -0.25) is 4.79 Å². The van der Waals surface area contributed by atoms with Crippen molar-refractivity contribution in [2.45, 2.75) is 44.4 Å². The molecule has 0 bridgehead atoms. The molecule has 1 aliphatic rings. The van der Waals surface area contributed by atoms with Gasteiger partial charge in [-0.25, -0.2) is 9.67 Å². The summed E-state index contributed by atoms with van der Waals surface area (Å²) in [4.78, 5) is 17.6. The first-order valence-electron chi connectivity index (χ1n) is 8.16. The van der Waals surface area contributed by atoms with E-state index in [4.69, 9.17) is 0 Å². The Morgan fingerprint density at radius 2 is 2.00 bits per heavy atom. The number of thiazole rings is 1. The molecule has 26 heavy (non-hydrogen) atoms. The zero-order chi connectivity index (χ0) is 19.1. The number of carbonyl (C=O) groups is 1. The van der Waals surface area contributed by atoms with Crippen LogP contribution in [-0.2, 0) is 4.79 Å². The summed E-state index contributed by atoms with van der Waals surface area (Å²) in [6, 6.07) is 1.87. The van der Waals surface area contributed by atoms with Crippen LogP contribution >= 0.6 is 11.3 Å². The number of carbonyl (C=O) groups excluding carboxylic acids is 1. The van der Waals surface area contributed by atoms with Crippen LogP contribution in [0.2, 0.25) is 0 Å². The molecular formula is C16H19F3N4O2S. The molecule has 3 heterocycles. The highest BCUT2D eigenvalue weighted by Crippen LogP contribution is 2.35. The summed E-state index contributed by atoms with van der Waals surface area (Å²) in [5, 5.41) is 16.5. The monoisotopic (exact) mass is 388 g/mol. The van der Waals surface area contributed by atoms with Crippen LogP contribution < -0.4 is 0 Å². The van der Waals surface area contributed by atoms with Crippen LogP contribution in [0.25, 0.3) is 5.13 Å². The van der Waals surface area contributed by atoms with Crippen molar-refractivity contribution in [3.05, 3.63) is 29.0 Å². The van der Waals surface area contributed by atoms with Crippen LogP contribution in [0.5, 0.6) is 0 Å². The minimum Gasteiger partial charge on any atom is -0.373 e. The lowest BCUT2D eigenvalue weighted by Crippen LogP contribution is -2.57. The fourth-order valence-corrected chi connectivity index (χ4v) is 3.81. The van der Waals surface area contributed by atoms with E-state index in [1.54, 1.807) is 10.9 Å². The summed E-state index contributed by atoms with van der Waals surface area (Å²) in [6.45, 7) is 2.69. The van der Waals surface area contributed by atoms with Crippen LogP contribution in [0.15, 0.2) is 17.6 Å². The Hall–Kier alpha value is -1.94. The average molecular weight is 388 g/mol. The van der Waals surface area contributed by atoms with Crippen LogP contribution in [0.4, 0.5) is 13.2 Å². The van der Waals surface area contributed by atoms with Crippen molar-refractivity contribution in [3.63, 3.8) is 0 Å². The van der Waals surface area contributed by atoms with Gasteiger partial charge in [-0.2, -0.15) is 18.3 Å². The lowest BCUT2D eigenvalue weighted by molar-refractivity contribution is -0.250. The third-order valence-electron chi connectivity index (χ3n) is 4.63. The standard InChI is InChI=1S/C16H19F3N4O2S/c1-10-9-26-14(21-10)23-12(3-6-20-23)11-4-7-22(8-5-11)13(24)15(2,25)16(17,18)19/h3,6,9,11,25H,4-5,7-8H2,1-2H3. The molecule has 1 unspecified atom stereocenters. The largest absolute Gasteiger partial charge is 0.426 e. The number of nitrogens with zero attached hydrogens (tertiary/aromatic N) is 4. The third-order valence-corrected chi connectivity index (χ3v) is 5.56. The van der Waals surface area contributed by atoms with E-state index in [9.17, 15) is 23.1 Å². The Labute approximate surface area is 152 Å². The number of halogens is 3. The van der Waals surface area contributed by atoms with Crippen molar-refractivity contribution in [3.8, 4) is 5.13 Å². The highest BCUT2D eigenvalue weighted by molar-refractivity contribution is 7.12. The quantitative estimate of drug-likeness (QED) is 0.878. The van der Waals surface area contributed by atoms with Crippen molar-refractivity contribution in [1.82, 2.24) is 19.7 Å². The number of aromatic nitrogens is 3. The van der Waals surface area contributed by atoms with Crippen molar-refractivity contribution < 1.29 is 23.1 Å². The van der Waals surface area contributed by atoms with Crippen molar-refractivity contribution in [1.29, 1.82) is 0 Å². The van der Waals surface area contributed by atoms with Gasteiger partial charge in [0.15, 0.2) is 0 Å². The lowest BCUT2D eigenvalue weighted by Gasteiger charge is -2.36. The van der Waals surface area contributed by atoms with Gasteiger partial charge in [-0.15, -0.1) is 11.3 Å². The molecule has 10 heteroatoms. The highest BCUT2D eigenvalue weighted by atomic mass is 32.1. The lowest BCUT2D eigenvalue weighted by atomic mass is 9.92. The number of hydrogen-bond acceptors (Lipinski definition) is 5. The van der Waals surface area contributed by atoms with Crippen molar-refractivity contribution >= 4 is 17.2 Å². The SMILES string of the molecule is Cc1csc(-n2nccc2C2CCN(C(=O)C(C)(O)C(F)(F)F)CC2)n1. The second kappa shape index (κ2) is 6.66. The normalized spacial score (nSPS) is 18.8. The van der Waals surface area contributed by atoms with E-state index in [-0.39, 0.29) is 19.0 Å². The molecule has 3 rings (SSSR count). The maximum Gasteiger partial charge on any atom is 0.426 e. The number of aryl methyl sites for hydroxylation is 1. The van der Waals surface area contributed by atoms with Gasteiger partial charge in [0.2, 0.25) is 10.7 Å². The Morgan fingerprint density at radius 3 is 2.54 bits per heavy atom. The van der Waals surface area contributed by atoms with Crippen molar-refractivity contribution in [2.75, 3.05) is 13.1 Å². The van der Waals surface area contributed by atoms with Gasteiger partial charge >= 0.3 is 6.18 Å². The van der Waals surface area contributed by atoms with Crippen LogP contribution in [0.1, 0.15) is 37.1 Å². The minimum atomic E-state index is -5.00. The van der Waals surface area contributed by atoms with E-state index in [1.165, 1.54) is 11.3 Å². The second-order valence-electron chi connectivity index (χ2n) is 6.58. The summed E-state index contributed by atoms with van der Waals surface area (Å²) in [7, 11) is 0. The fraction of sp³-hybridized carbons (Fsp3) is 0.562. The summed E-state index contributed by atoms with van der Waals surface area (Å²) in [5.74, 6) is -1.24. The molecule has 2 aromatic rings. The number of amides is 1. The molecule has 2 aromatic heterocycles. The Morgan fingerprint density at radius 1 is 1.35 bits per heavy atom.